The summed E-state index contributed by atoms with van der Waals surface area (Å²) in [5.74, 6) is 0.979. The molecule has 0 bridgehead atoms. The van der Waals surface area contributed by atoms with Crippen LogP contribution in [0, 0.1) is 27.7 Å². The summed E-state index contributed by atoms with van der Waals surface area (Å²) in [6.07, 6.45) is 0.900. The van der Waals surface area contributed by atoms with Crippen LogP contribution in [0.3, 0.4) is 0 Å². The van der Waals surface area contributed by atoms with Crippen LogP contribution in [-0.2, 0) is 72.9 Å². The largest absolute Gasteiger partial charge is 0.493 e. The minimum Gasteiger partial charge on any atom is -0.493 e. The SMILES string of the molecule is CCCOc1cc(N=Nc2ccc(N=Nc3ccccc3)cc2S(=O)(=O)O)c(C)cc1Cc1nc(Cc2ccc(N=Nc3ccc(N=Nc4ccc(S(=O)(=O)O)cc4)cc3)c(C)c2)nc(NCCOCCOCCNc2nc(Nc3ccc(N=Nc4ccc(N=Nc5ccccc5)cc4S(=O)(=O)O)c(C)c3)nc(Nc3cc(C)c(N=Nc4ccc(N=Nc5ccc(S(=O)(=O)O)cc5)cc4)cc3OCCCS(=O)(=O)O)n2)n1. The van der Waals surface area contributed by atoms with Gasteiger partial charge in [0.05, 0.1) is 140 Å². The van der Waals surface area contributed by atoms with Crippen molar-refractivity contribution in [1.29, 1.82) is 0 Å². The molecule has 0 aliphatic rings. The molecule has 750 valence electrons. The molecule has 0 saturated carbocycles. The number of anilines is 6. The van der Waals surface area contributed by atoms with Gasteiger partial charge in [0.25, 0.3) is 50.6 Å². The second kappa shape index (κ2) is 49.1. The molecule has 50 heteroatoms. The Hall–Kier alpha value is -16.3. The van der Waals surface area contributed by atoms with Crippen LogP contribution in [0.4, 0.5) is 126 Å². The van der Waals surface area contributed by atoms with E-state index in [1.165, 1.54) is 72.8 Å². The molecule has 2 aromatic heterocycles. The van der Waals surface area contributed by atoms with Gasteiger partial charge in [0, 0.05) is 49.3 Å². The van der Waals surface area contributed by atoms with E-state index < -0.39 is 66.1 Å². The van der Waals surface area contributed by atoms with Gasteiger partial charge in [-0.15, -0.1) is 10.2 Å². The molecule has 14 rings (SSSR count). The third-order valence-corrected chi connectivity index (χ3v) is 24.8. The van der Waals surface area contributed by atoms with E-state index in [4.69, 9.17) is 43.9 Å². The number of aryl methyl sites for hydroxylation is 4. The fraction of sp³-hybridized carbons (Fsp3) is 0.188. The second-order valence-corrected chi connectivity index (χ2v) is 39.0. The van der Waals surface area contributed by atoms with Crippen LogP contribution in [0.25, 0.3) is 0 Å². The first-order valence-electron chi connectivity index (χ1n) is 44.4. The van der Waals surface area contributed by atoms with E-state index in [0.717, 1.165) is 23.3 Å². The standard InChI is InChI=1S/C96H92N26O19S5/c1-6-44-140-87-59-84(122-120-83-41-33-77(58-90(83)146(135,136)137)116-108-68-16-11-8-12-17-68)62(3)52-66(87)56-92-101-91(55-65-18-38-80(61(2)51-65)117-113-71-23-19-69(20-24-71)109-111-73-27-34-78(35-28-73)143(126,127)128)102-93(103-92)97-42-46-138-48-49-139-47-43-98-94-104-95(99-75-31-39-81(63(4)53-75)118-119-82-40-32-76(57-89(82)145(132,133)134)115-107-67-14-9-7-10-15-67)106-96(105-94)100-86-54-64(5)85(60-88(86)141-45-13-50-142(123,124)125)121-114-72-25-21-70(22-26-72)110-112-74-29-36-79(37-30-74)144(129,130)131/h7-12,14-41,51-54,57-60H,6,13,42-50,55-56H2,1-5H3,(H,123,124,125)(H,126,127,128)(H,129,130,131)(H,132,133,134)(H,135,136,137)(H,97,101,102,103)(H3,98,99,100,104,105,106). The lowest BCUT2D eigenvalue weighted by Crippen LogP contribution is -2.18. The number of rotatable bonds is 47. The molecular weight excluding hydrogens is 1980 g/mol. The Morgan fingerprint density at radius 1 is 0.301 bits per heavy atom. The first-order chi connectivity index (χ1) is 70.0. The van der Waals surface area contributed by atoms with Crippen LogP contribution in [0.15, 0.2) is 356 Å². The number of ether oxygens (including phenoxy) is 4. The van der Waals surface area contributed by atoms with Crippen LogP contribution >= 0.6 is 0 Å². The molecule has 146 heavy (non-hydrogen) atoms. The van der Waals surface area contributed by atoms with Gasteiger partial charge >= 0.3 is 0 Å². The summed E-state index contributed by atoms with van der Waals surface area (Å²) < 4.78 is 194. The summed E-state index contributed by atoms with van der Waals surface area (Å²) in [5.41, 5.74) is 9.83. The van der Waals surface area contributed by atoms with Gasteiger partial charge in [0.1, 0.15) is 44.3 Å². The van der Waals surface area contributed by atoms with Crippen LogP contribution in [0.2, 0.25) is 0 Å². The molecule has 0 unspecified atom stereocenters. The molecule has 45 nitrogen and oxygen atoms in total. The molecule has 0 spiro atoms. The van der Waals surface area contributed by atoms with Gasteiger partial charge < -0.3 is 40.2 Å². The predicted octanol–water partition coefficient (Wildman–Crippen LogP) is 24.3. The first-order valence-corrected chi connectivity index (χ1v) is 51.8. The van der Waals surface area contributed by atoms with Crippen molar-refractivity contribution in [3.05, 3.63) is 300 Å². The van der Waals surface area contributed by atoms with Gasteiger partial charge in [0.2, 0.25) is 23.8 Å². The average Bonchev–Trinajstić information content (AvgIpc) is 0.802. The number of hydrogen-bond acceptors (Lipinski definition) is 40. The summed E-state index contributed by atoms with van der Waals surface area (Å²) in [4.78, 5) is 27.1. The van der Waals surface area contributed by atoms with Crippen molar-refractivity contribution in [1.82, 2.24) is 29.9 Å². The zero-order valence-electron chi connectivity index (χ0n) is 78.3. The maximum atomic E-state index is 12.8. The third-order valence-electron chi connectivity index (χ3n) is 20.5. The Labute approximate surface area is 837 Å². The van der Waals surface area contributed by atoms with Gasteiger partial charge in [-0.2, -0.15) is 139 Å². The second-order valence-electron chi connectivity index (χ2n) is 31.8. The lowest BCUT2D eigenvalue weighted by Gasteiger charge is -2.16. The first kappa shape index (κ1) is 106. The molecule has 9 N–H and O–H groups in total. The van der Waals surface area contributed by atoms with E-state index in [-0.39, 0.29) is 133 Å². The molecule has 0 aliphatic heterocycles. The van der Waals surface area contributed by atoms with E-state index >= 15 is 0 Å². The number of aromatic nitrogens is 6. The van der Waals surface area contributed by atoms with Crippen molar-refractivity contribution in [2.24, 2.45) is 81.8 Å². The molecule has 0 saturated heterocycles. The molecule has 14 aromatic rings. The zero-order chi connectivity index (χ0) is 103. The van der Waals surface area contributed by atoms with Gasteiger partial charge in [-0.05, 0) is 262 Å². The number of nitrogens with zero attached hydrogens (tertiary/aromatic N) is 22. The van der Waals surface area contributed by atoms with Crippen LogP contribution in [-0.4, -0.2) is 153 Å². The Bertz CT molecular complexity index is 7930. The Morgan fingerprint density at radius 3 is 1.14 bits per heavy atom. The molecule has 0 aliphatic carbocycles. The number of azo groups is 8. The molecule has 0 radical (unpaired) electrons. The topological polar surface area (TPSA) is 632 Å². The number of nitrogens with one attached hydrogen (secondary N) is 4. The Morgan fingerprint density at radius 2 is 0.671 bits per heavy atom. The van der Waals surface area contributed by atoms with Crippen molar-refractivity contribution in [3.63, 3.8) is 0 Å². The van der Waals surface area contributed by atoms with Gasteiger partial charge in [-0.25, -0.2) is 4.98 Å². The minimum absolute atomic E-state index is 0.00870. The summed E-state index contributed by atoms with van der Waals surface area (Å²) in [6, 6.07) is 66.5. The maximum absolute atomic E-state index is 12.8. The van der Waals surface area contributed by atoms with Crippen molar-refractivity contribution in [3.8, 4) is 11.5 Å². The number of hydrogen-bond donors (Lipinski definition) is 9. The zero-order valence-corrected chi connectivity index (χ0v) is 82.4. The summed E-state index contributed by atoms with van der Waals surface area (Å²) in [5, 5.41) is 81.2. The van der Waals surface area contributed by atoms with Gasteiger partial charge in [-0.1, -0.05) is 55.5 Å². The highest BCUT2D eigenvalue weighted by molar-refractivity contribution is 7.87. The summed E-state index contributed by atoms with van der Waals surface area (Å²) in [6.45, 7) is 10.2. The lowest BCUT2D eigenvalue weighted by molar-refractivity contribution is 0.0556. The van der Waals surface area contributed by atoms with E-state index in [9.17, 15) is 64.9 Å². The highest BCUT2D eigenvalue weighted by atomic mass is 32.2. The lowest BCUT2D eigenvalue weighted by atomic mass is 10.0. The fourth-order valence-electron chi connectivity index (χ4n) is 13.3. The molecular formula is C96H92N26O19S5. The van der Waals surface area contributed by atoms with Crippen LogP contribution < -0.4 is 30.7 Å². The Balaban J connectivity index is 0.664. The molecule has 0 amide bonds. The average molecular weight is 2070 g/mol. The smallest absolute Gasteiger partial charge is 0.296 e. The van der Waals surface area contributed by atoms with E-state index in [0.29, 0.717) is 127 Å². The van der Waals surface area contributed by atoms with E-state index in [1.54, 1.807) is 160 Å². The fourth-order valence-corrected chi connectivity index (χ4v) is 16.1. The van der Waals surface area contributed by atoms with Crippen LogP contribution in [0.5, 0.6) is 11.5 Å². The molecule has 0 atom stereocenters. The minimum atomic E-state index is -4.83. The maximum Gasteiger partial charge on any atom is 0.296 e. The normalized spacial score (nSPS) is 12.4. The third kappa shape index (κ3) is 32.1. The van der Waals surface area contributed by atoms with Gasteiger partial charge in [-0.3, -0.25) is 22.8 Å². The van der Waals surface area contributed by atoms with Gasteiger partial charge in [0.15, 0.2) is 0 Å². The van der Waals surface area contributed by atoms with E-state index in [2.05, 4.69) is 108 Å². The van der Waals surface area contributed by atoms with Crippen molar-refractivity contribution in [2.75, 3.05) is 79.8 Å². The highest BCUT2D eigenvalue weighted by Crippen LogP contribution is 2.41. The Kier molecular flexibility index (Phi) is 35.5. The van der Waals surface area contributed by atoms with Crippen LogP contribution in [0.1, 0.15) is 64.8 Å². The predicted molar refractivity (Wildman–Crippen MR) is 542 cm³/mol. The van der Waals surface area contributed by atoms with Crippen molar-refractivity contribution in [2.45, 2.75) is 79.9 Å². The van der Waals surface area contributed by atoms with Crippen molar-refractivity contribution < 1.29 is 83.8 Å². The van der Waals surface area contributed by atoms with E-state index in [1.807, 2.05) is 44.2 Å². The summed E-state index contributed by atoms with van der Waals surface area (Å²) in [7, 11) is -22.8. The van der Waals surface area contributed by atoms with Crippen molar-refractivity contribution >= 4 is 177 Å². The highest BCUT2D eigenvalue weighted by Gasteiger charge is 2.24. The summed E-state index contributed by atoms with van der Waals surface area (Å²) >= 11 is 0. The monoisotopic (exact) mass is 2070 g/mol. The molecule has 12 aromatic carbocycles. The molecule has 2 heterocycles. The quantitative estimate of drug-likeness (QED) is 0.00971. The molecule has 0 fully saturated rings. The number of benzene rings is 12.